The fourth-order valence-corrected chi connectivity index (χ4v) is 2.76. The Morgan fingerprint density at radius 1 is 1.50 bits per heavy atom. The van der Waals surface area contributed by atoms with Gasteiger partial charge >= 0.3 is 0 Å². The molecular formula is C15H17N5O3S. The van der Waals surface area contributed by atoms with Gasteiger partial charge in [-0.2, -0.15) is 5.10 Å². The number of aromatic nitrogens is 1. The van der Waals surface area contributed by atoms with Crippen molar-refractivity contribution in [3.8, 4) is 0 Å². The average molecular weight is 347 g/mol. The van der Waals surface area contributed by atoms with Gasteiger partial charge < -0.3 is 4.90 Å². The normalized spacial score (nSPS) is 10.8. The van der Waals surface area contributed by atoms with Crippen molar-refractivity contribution in [3.63, 3.8) is 0 Å². The van der Waals surface area contributed by atoms with E-state index in [0.717, 1.165) is 5.69 Å². The van der Waals surface area contributed by atoms with Gasteiger partial charge in [-0.05, 0) is 13.0 Å². The lowest BCUT2D eigenvalue weighted by molar-refractivity contribution is -0.384. The molecule has 1 aromatic heterocycles. The largest absolute Gasteiger partial charge is 0.372 e. The Bertz CT molecular complexity index is 785. The molecule has 126 valence electrons. The summed E-state index contributed by atoms with van der Waals surface area (Å²) in [7, 11) is 3.47. The molecule has 1 heterocycles. The molecule has 0 bridgehead atoms. The van der Waals surface area contributed by atoms with E-state index in [2.05, 4.69) is 15.5 Å². The van der Waals surface area contributed by atoms with Crippen LogP contribution in [0.3, 0.4) is 0 Å². The number of hydrazone groups is 1. The Labute approximate surface area is 143 Å². The zero-order chi connectivity index (χ0) is 17.7. The summed E-state index contributed by atoms with van der Waals surface area (Å²) in [5.74, 6) is -0.292. The van der Waals surface area contributed by atoms with Crippen LogP contribution in [0.1, 0.15) is 16.3 Å². The molecule has 8 nitrogen and oxygen atoms in total. The predicted molar refractivity (Wildman–Crippen MR) is 93.7 cm³/mol. The highest BCUT2D eigenvalue weighted by molar-refractivity contribution is 7.09. The second kappa shape index (κ2) is 7.64. The summed E-state index contributed by atoms with van der Waals surface area (Å²) in [5.41, 5.74) is 4.27. The number of nitrogens with zero attached hydrogens (tertiary/aromatic N) is 4. The Morgan fingerprint density at radius 2 is 2.25 bits per heavy atom. The smallest absolute Gasteiger partial charge is 0.293 e. The molecule has 1 amide bonds. The highest BCUT2D eigenvalue weighted by Crippen LogP contribution is 2.27. The minimum atomic E-state index is -0.448. The van der Waals surface area contributed by atoms with Gasteiger partial charge in [-0.3, -0.25) is 14.9 Å². The molecule has 9 heteroatoms. The van der Waals surface area contributed by atoms with Crippen molar-refractivity contribution in [2.45, 2.75) is 13.3 Å². The molecule has 0 radical (unpaired) electrons. The number of carbonyl (C=O) groups is 1. The van der Waals surface area contributed by atoms with E-state index in [-0.39, 0.29) is 18.0 Å². The lowest BCUT2D eigenvalue weighted by Crippen LogP contribution is -2.19. The standard InChI is InChI=1S/C15H17N5O3S/c1-10-9-24-15(17-10)7-14(21)18-16-8-11-4-5-12(19(2)3)13(6-11)20(22)23/h4-6,8-9H,7H2,1-3H3,(H,18,21)/b16-8-. The molecule has 0 unspecified atom stereocenters. The van der Waals surface area contributed by atoms with Crippen LogP contribution in [0.25, 0.3) is 0 Å². The minimum absolute atomic E-state index is 0.0199. The number of nitro benzene ring substituents is 1. The molecule has 0 fully saturated rings. The average Bonchev–Trinajstić information content (AvgIpc) is 2.91. The van der Waals surface area contributed by atoms with Gasteiger partial charge in [0.2, 0.25) is 5.91 Å². The number of rotatable bonds is 6. The van der Waals surface area contributed by atoms with E-state index < -0.39 is 4.92 Å². The maximum absolute atomic E-state index is 11.8. The molecule has 1 N–H and O–H groups in total. The second-order valence-corrected chi connectivity index (χ2v) is 6.19. The van der Waals surface area contributed by atoms with E-state index in [1.165, 1.54) is 23.6 Å². The van der Waals surface area contributed by atoms with E-state index in [0.29, 0.717) is 16.3 Å². The molecule has 0 saturated heterocycles. The highest BCUT2D eigenvalue weighted by Gasteiger charge is 2.15. The quantitative estimate of drug-likeness (QED) is 0.490. The number of amides is 1. The van der Waals surface area contributed by atoms with Gasteiger partial charge in [0.25, 0.3) is 5.69 Å². The monoisotopic (exact) mass is 347 g/mol. The first-order valence-corrected chi connectivity index (χ1v) is 7.93. The van der Waals surface area contributed by atoms with Crippen molar-refractivity contribution in [1.29, 1.82) is 0 Å². The minimum Gasteiger partial charge on any atom is -0.372 e. The third-order valence-corrected chi connectivity index (χ3v) is 4.03. The first-order chi connectivity index (χ1) is 11.4. The Hall–Kier alpha value is -2.81. The van der Waals surface area contributed by atoms with E-state index in [9.17, 15) is 14.9 Å². The van der Waals surface area contributed by atoms with Crippen LogP contribution in [0.4, 0.5) is 11.4 Å². The van der Waals surface area contributed by atoms with Crippen molar-refractivity contribution >= 4 is 34.8 Å². The molecule has 0 aliphatic rings. The summed E-state index contributed by atoms with van der Waals surface area (Å²) in [5, 5.41) is 17.5. The molecule has 2 rings (SSSR count). The Morgan fingerprint density at radius 3 is 2.83 bits per heavy atom. The van der Waals surface area contributed by atoms with Gasteiger partial charge in [0.05, 0.1) is 17.6 Å². The number of nitro groups is 1. The first-order valence-electron chi connectivity index (χ1n) is 7.05. The fraction of sp³-hybridized carbons (Fsp3) is 0.267. The second-order valence-electron chi connectivity index (χ2n) is 5.25. The Balaban J connectivity index is 2.02. The molecule has 0 saturated carbocycles. The molecule has 0 aliphatic heterocycles. The SMILES string of the molecule is Cc1csc(CC(=O)N/N=C\c2ccc(N(C)C)c([N+](=O)[O-])c2)n1. The number of nitrogens with one attached hydrogen (secondary N) is 1. The predicted octanol–water partition coefficient (Wildman–Crippen LogP) is 2.12. The van der Waals surface area contributed by atoms with Crippen LogP contribution in [0.2, 0.25) is 0 Å². The number of aryl methyl sites for hydroxylation is 1. The summed E-state index contributed by atoms with van der Waals surface area (Å²) in [6.45, 7) is 1.86. The number of carbonyl (C=O) groups excluding carboxylic acids is 1. The van der Waals surface area contributed by atoms with Gasteiger partial charge in [-0.15, -0.1) is 11.3 Å². The van der Waals surface area contributed by atoms with Gasteiger partial charge in [0, 0.05) is 36.8 Å². The number of anilines is 1. The zero-order valence-electron chi connectivity index (χ0n) is 13.5. The van der Waals surface area contributed by atoms with Crippen molar-refractivity contribution in [3.05, 3.63) is 50.0 Å². The van der Waals surface area contributed by atoms with Crippen LogP contribution in [-0.2, 0) is 11.2 Å². The van der Waals surface area contributed by atoms with Crippen LogP contribution in [0.5, 0.6) is 0 Å². The van der Waals surface area contributed by atoms with E-state index >= 15 is 0 Å². The highest BCUT2D eigenvalue weighted by atomic mass is 32.1. The van der Waals surface area contributed by atoms with Crippen molar-refractivity contribution in [2.24, 2.45) is 5.10 Å². The van der Waals surface area contributed by atoms with Crippen LogP contribution in [0, 0.1) is 17.0 Å². The first kappa shape index (κ1) is 17.5. The summed E-state index contributed by atoms with van der Waals surface area (Å²) in [6.07, 6.45) is 1.52. The maximum atomic E-state index is 11.8. The molecule has 2 aromatic rings. The zero-order valence-corrected chi connectivity index (χ0v) is 14.3. The summed E-state index contributed by atoms with van der Waals surface area (Å²) >= 11 is 1.41. The van der Waals surface area contributed by atoms with Crippen LogP contribution >= 0.6 is 11.3 Å². The molecule has 1 aromatic carbocycles. The third-order valence-electron chi connectivity index (χ3n) is 3.06. The third kappa shape index (κ3) is 4.59. The molecule has 24 heavy (non-hydrogen) atoms. The molecule has 0 aliphatic carbocycles. The summed E-state index contributed by atoms with van der Waals surface area (Å²) in [4.78, 5) is 28.3. The van der Waals surface area contributed by atoms with E-state index in [4.69, 9.17) is 0 Å². The summed E-state index contributed by atoms with van der Waals surface area (Å²) < 4.78 is 0. The fourth-order valence-electron chi connectivity index (χ4n) is 1.98. The topological polar surface area (TPSA) is 101 Å². The van der Waals surface area contributed by atoms with Crippen molar-refractivity contribution < 1.29 is 9.72 Å². The van der Waals surface area contributed by atoms with Crippen molar-refractivity contribution in [1.82, 2.24) is 10.4 Å². The maximum Gasteiger partial charge on any atom is 0.293 e. The van der Waals surface area contributed by atoms with E-state index in [1.54, 1.807) is 31.1 Å². The number of hydrogen-bond donors (Lipinski definition) is 1. The molecular weight excluding hydrogens is 330 g/mol. The summed E-state index contributed by atoms with van der Waals surface area (Å²) in [6, 6.07) is 4.75. The lowest BCUT2D eigenvalue weighted by Gasteiger charge is -2.12. The van der Waals surface area contributed by atoms with Gasteiger partial charge in [-0.1, -0.05) is 6.07 Å². The van der Waals surface area contributed by atoms with E-state index in [1.807, 2.05) is 12.3 Å². The van der Waals surface area contributed by atoms with Gasteiger partial charge in [0.15, 0.2) is 0 Å². The van der Waals surface area contributed by atoms with Crippen molar-refractivity contribution in [2.75, 3.05) is 19.0 Å². The number of hydrogen-bond acceptors (Lipinski definition) is 7. The van der Waals surface area contributed by atoms with Crippen LogP contribution < -0.4 is 10.3 Å². The Kier molecular flexibility index (Phi) is 5.59. The molecule has 0 atom stereocenters. The van der Waals surface area contributed by atoms with Crippen LogP contribution in [-0.4, -0.2) is 36.1 Å². The van der Waals surface area contributed by atoms with Gasteiger partial charge in [0.1, 0.15) is 10.7 Å². The number of benzene rings is 1. The van der Waals surface area contributed by atoms with Crippen LogP contribution in [0.15, 0.2) is 28.7 Å². The molecule has 0 spiro atoms. The number of thiazole rings is 1. The van der Waals surface area contributed by atoms with Gasteiger partial charge in [-0.25, -0.2) is 10.4 Å². The lowest BCUT2D eigenvalue weighted by atomic mass is 10.2.